The monoisotopic (exact) mass is 520 g/mol. The molecular weight excluding hydrogens is 492 g/mol. The van der Waals surface area contributed by atoms with E-state index < -0.39 is 16.0 Å². The smallest absolute Gasteiger partial charge is 0.343 e. The van der Waals surface area contributed by atoms with Crippen LogP contribution in [0.1, 0.15) is 35.1 Å². The average molecular weight is 521 g/mol. The molecule has 8 nitrogen and oxygen atoms in total. The van der Waals surface area contributed by atoms with Crippen molar-refractivity contribution in [2.45, 2.75) is 38.8 Å². The molecule has 2 heterocycles. The van der Waals surface area contributed by atoms with Crippen LogP contribution in [-0.2, 0) is 32.6 Å². The summed E-state index contributed by atoms with van der Waals surface area (Å²) < 4.78 is 39.1. The van der Waals surface area contributed by atoms with Gasteiger partial charge in [-0.1, -0.05) is 47.5 Å². The zero-order valence-corrected chi connectivity index (χ0v) is 21.9. The molecule has 0 spiro atoms. The number of carbonyl (C=O) groups is 1. The number of aliphatic hydroxyl groups excluding tert-OH is 1. The van der Waals surface area contributed by atoms with Crippen molar-refractivity contribution < 1.29 is 27.5 Å². The van der Waals surface area contributed by atoms with Crippen LogP contribution in [0.4, 0.5) is 0 Å². The van der Waals surface area contributed by atoms with Crippen LogP contribution in [-0.4, -0.2) is 36.6 Å². The van der Waals surface area contributed by atoms with E-state index in [0.29, 0.717) is 17.2 Å². The second-order valence-corrected chi connectivity index (χ2v) is 10.8. The Labute approximate surface area is 216 Å². The Morgan fingerprint density at radius 2 is 1.59 bits per heavy atom. The van der Waals surface area contributed by atoms with E-state index in [-0.39, 0.29) is 35.0 Å². The number of esters is 1. The van der Waals surface area contributed by atoms with Gasteiger partial charge < -0.3 is 14.3 Å². The van der Waals surface area contributed by atoms with Crippen molar-refractivity contribution >= 4 is 27.8 Å². The van der Waals surface area contributed by atoms with Crippen LogP contribution in [0, 0.1) is 13.8 Å². The molecule has 37 heavy (non-hydrogen) atoms. The SMILES string of the molecule is COC(=O)C1=C(O)/C(=C\c2ccc(CN(Cc3ccc(C)cc3)S(=O)(=O)c3ccc(C)cc3)o2)N=C1C. The molecule has 9 heteroatoms. The molecule has 4 rings (SSSR count). The summed E-state index contributed by atoms with van der Waals surface area (Å²) in [5.41, 5.74) is 3.37. The van der Waals surface area contributed by atoms with Crippen LogP contribution < -0.4 is 0 Å². The van der Waals surface area contributed by atoms with Crippen LogP contribution >= 0.6 is 0 Å². The third-order valence-corrected chi connectivity index (χ3v) is 7.76. The van der Waals surface area contributed by atoms with E-state index in [0.717, 1.165) is 16.7 Å². The Morgan fingerprint density at radius 1 is 0.973 bits per heavy atom. The number of benzene rings is 2. The van der Waals surface area contributed by atoms with Crippen LogP contribution in [0.2, 0.25) is 0 Å². The lowest BCUT2D eigenvalue weighted by Gasteiger charge is -2.21. The van der Waals surface area contributed by atoms with Gasteiger partial charge in [0.15, 0.2) is 5.76 Å². The quantitative estimate of drug-likeness (QED) is 0.415. The normalized spacial score (nSPS) is 14.9. The van der Waals surface area contributed by atoms with E-state index in [1.165, 1.54) is 17.5 Å². The van der Waals surface area contributed by atoms with Gasteiger partial charge in [0, 0.05) is 12.6 Å². The summed E-state index contributed by atoms with van der Waals surface area (Å²) in [5, 5.41) is 10.4. The Hall–Kier alpha value is -3.95. The number of aliphatic imine (C=N–C) groups is 1. The molecule has 0 saturated carbocycles. The maximum atomic E-state index is 13.6. The molecular formula is C28H28N2O6S. The maximum absolute atomic E-state index is 13.6. The molecule has 2 aromatic carbocycles. The van der Waals surface area contributed by atoms with Crippen molar-refractivity contribution in [2.75, 3.05) is 7.11 Å². The zero-order chi connectivity index (χ0) is 26.7. The lowest BCUT2D eigenvalue weighted by Crippen LogP contribution is -2.30. The number of sulfonamides is 1. The predicted molar refractivity (Wildman–Crippen MR) is 140 cm³/mol. The van der Waals surface area contributed by atoms with Crippen LogP contribution in [0.5, 0.6) is 0 Å². The Kier molecular flexibility index (Phi) is 7.47. The standard InChI is InChI=1S/C28H28N2O6S/c1-18-5-9-21(10-6-18)16-30(37(33,34)24-13-7-19(2)8-14-24)17-23-12-11-22(36-23)15-25-27(31)26(20(3)29-25)28(32)35-4/h5-15,31H,16-17H2,1-4H3/b25-15+. The predicted octanol–water partition coefficient (Wildman–Crippen LogP) is 5.09. The summed E-state index contributed by atoms with van der Waals surface area (Å²) >= 11 is 0. The van der Waals surface area contributed by atoms with Crippen molar-refractivity contribution in [1.82, 2.24) is 4.31 Å². The molecule has 1 N–H and O–H groups in total. The second kappa shape index (κ2) is 10.6. The van der Waals surface area contributed by atoms with Gasteiger partial charge in [0.1, 0.15) is 22.8 Å². The maximum Gasteiger partial charge on any atom is 0.343 e. The van der Waals surface area contributed by atoms with Crippen molar-refractivity contribution in [3.8, 4) is 0 Å². The largest absolute Gasteiger partial charge is 0.505 e. The highest BCUT2D eigenvalue weighted by Gasteiger charge is 2.28. The molecule has 1 aliphatic rings. The van der Waals surface area contributed by atoms with Gasteiger partial charge in [-0.25, -0.2) is 18.2 Å². The van der Waals surface area contributed by atoms with Gasteiger partial charge in [-0.3, -0.25) is 0 Å². The van der Waals surface area contributed by atoms with Crippen molar-refractivity contribution in [2.24, 2.45) is 4.99 Å². The summed E-state index contributed by atoms with van der Waals surface area (Å²) in [6.45, 7) is 5.61. The lowest BCUT2D eigenvalue weighted by atomic mass is 10.1. The minimum Gasteiger partial charge on any atom is -0.505 e. The fourth-order valence-corrected chi connectivity index (χ4v) is 5.28. The highest BCUT2D eigenvalue weighted by molar-refractivity contribution is 7.89. The molecule has 0 atom stereocenters. The van der Waals surface area contributed by atoms with E-state index in [1.807, 2.05) is 38.1 Å². The van der Waals surface area contributed by atoms with E-state index >= 15 is 0 Å². The highest BCUT2D eigenvalue weighted by atomic mass is 32.2. The topological polar surface area (TPSA) is 109 Å². The third-order valence-electron chi connectivity index (χ3n) is 5.95. The molecule has 0 radical (unpaired) electrons. The number of hydrogen-bond acceptors (Lipinski definition) is 7. The fourth-order valence-electron chi connectivity index (χ4n) is 3.88. The lowest BCUT2D eigenvalue weighted by molar-refractivity contribution is -0.135. The molecule has 0 aliphatic carbocycles. The third kappa shape index (κ3) is 5.73. The van der Waals surface area contributed by atoms with Gasteiger partial charge in [0.25, 0.3) is 0 Å². The first-order valence-electron chi connectivity index (χ1n) is 11.6. The van der Waals surface area contributed by atoms with Gasteiger partial charge in [-0.05, 0) is 50.6 Å². The molecule has 0 saturated heterocycles. The number of carbonyl (C=O) groups excluding carboxylic acids is 1. The van der Waals surface area contributed by atoms with Crippen LogP contribution in [0.25, 0.3) is 6.08 Å². The highest BCUT2D eigenvalue weighted by Crippen LogP contribution is 2.28. The summed E-state index contributed by atoms with van der Waals surface area (Å²) in [4.78, 5) is 16.3. The minimum absolute atomic E-state index is 0.00556. The Morgan fingerprint density at radius 3 is 2.22 bits per heavy atom. The molecule has 0 bridgehead atoms. The number of furan rings is 1. The first kappa shape index (κ1) is 26.1. The van der Waals surface area contributed by atoms with Gasteiger partial charge >= 0.3 is 5.97 Å². The first-order chi connectivity index (χ1) is 17.6. The fraction of sp³-hybridized carbons (Fsp3) is 0.214. The number of aliphatic hydroxyl groups is 1. The molecule has 0 amide bonds. The molecule has 0 unspecified atom stereocenters. The van der Waals surface area contributed by atoms with Gasteiger partial charge in [-0.15, -0.1) is 0 Å². The minimum atomic E-state index is -3.84. The second-order valence-electron chi connectivity index (χ2n) is 8.82. The molecule has 1 aliphatic heterocycles. The van der Waals surface area contributed by atoms with E-state index in [2.05, 4.69) is 4.99 Å². The van der Waals surface area contributed by atoms with Crippen molar-refractivity contribution in [3.63, 3.8) is 0 Å². The van der Waals surface area contributed by atoms with Crippen LogP contribution in [0.3, 0.4) is 0 Å². The van der Waals surface area contributed by atoms with Crippen molar-refractivity contribution in [3.05, 3.63) is 106 Å². The van der Waals surface area contributed by atoms with E-state index in [9.17, 15) is 18.3 Å². The summed E-state index contributed by atoms with van der Waals surface area (Å²) in [6.07, 6.45) is 1.48. The van der Waals surface area contributed by atoms with Gasteiger partial charge in [0.05, 0.1) is 24.3 Å². The summed E-state index contributed by atoms with van der Waals surface area (Å²) in [5.74, 6) is -0.229. The van der Waals surface area contributed by atoms with Crippen molar-refractivity contribution in [1.29, 1.82) is 0 Å². The molecule has 3 aromatic rings. The van der Waals surface area contributed by atoms with E-state index in [1.54, 1.807) is 43.3 Å². The Balaban J connectivity index is 1.63. The van der Waals surface area contributed by atoms with Gasteiger partial charge in [0.2, 0.25) is 10.0 Å². The van der Waals surface area contributed by atoms with E-state index in [4.69, 9.17) is 9.15 Å². The number of ether oxygens (including phenoxy) is 1. The average Bonchev–Trinajstić information content (AvgIpc) is 3.42. The number of hydrogen-bond donors (Lipinski definition) is 1. The number of rotatable bonds is 8. The number of aryl methyl sites for hydroxylation is 2. The summed E-state index contributed by atoms with van der Waals surface area (Å²) in [7, 11) is -2.61. The first-order valence-corrected chi connectivity index (χ1v) is 13.0. The molecule has 192 valence electrons. The summed E-state index contributed by atoms with van der Waals surface area (Å²) in [6, 6.07) is 17.7. The number of methoxy groups -OCH3 is 1. The number of nitrogens with zero attached hydrogens (tertiary/aromatic N) is 2. The van der Waals surface area contributed by atoms with Crippen LogP contribution in [0.15, 0.2) is 92.0 Å². The molecule has 1 aromatic heterocycles. The zero-order valence-electron chi connectivity index (χ0n) is 21.1. The Bertz CT molecular complexity index is 1510. The molecule has 0 fully saturated rings. The van der Waals surface area contributed by atoms with Gasteiger partial charge in [-0.2, -0.15) is 4.31 Å².